The fraction of sp³-hybridized carbons (Fsp3) is 0.267. The predicted molar refractivity (Wildman–Crippen MR) is 78.9 cm³/mol. The average molecular weight is 356 g/mol. The Morgan fingerprint density at radius 1 is 1.12 bits per heavy atom. The number of carbonyl (C=O) groups excluding carboxylic acids is 3. The molecule has 1 aromatic rings. The third-order valence-electron chi connectivity index (χ3n) is 2.83. The van der Waals surface area contributed by atoms with Crippen LogP contribution in [0.25, 0.3) is 0 Å². The molecular weight excluding hydrogens is 342 g/mol. The quantitative estimate of drug-likeness (QED) is 0.718. The van der Waals surface area contributed by atoms with Crippen LogP contribution in [0.5, 0.6) is 0 Å². The summed E-state index contributed by atoms with van der Waals surface area (Å²) in [6.45, 7) is -0.572. The molecule has 0 spiro atoms. The molecule has 0 unspecified atom stereocenters. The summed E-state index contributed by atoms with van der Waals surface area (Å²) in [6.07, 6.45) is 1.08. The summed E-state index contributed by atoms with van der Waals surface area (Å²) in [5.74, 6) is -4.59. The largest absolute Gasteiger partial charge is 0.493 e. The molecule has 0 saturated carbocycles. The number of hydrogen-bond acceptors (Lipinski definition) is 6. The second-order valence-electron chi connectivity index (χ2n) is 4.73. The van der Waals surface area contributed by atoms with Crippen molar-refractivity contribution in [1.29, 1.82) is 0 Å². The van der Waals surface area contributed by atoms with Crippen molar-refractivity contribution in [2.24, 2.45) is 0 Å². The lowest BCUT2D eigenvalue weighted by Gasteiger charge is -2.14. The molecule has 134 valence electrons. The van der Waals surface area contributed by atoms with Gasteiger partial charge >= 0.3 is 5.97 Å². The SMILES string of the molecule is O=C(COC(=O)C1=COCCO1)NCC(=O)Nc1ccc(F)c(F)c1. The first-order valence-electron chi connectivity index (χ1n) is 7.09. The lowest BCUT2D eigenvalue weighted by atomic mass is 10.3. The molecule has 1 heterocycles. The average Bonchev–Trinajstić information content (AvgIpc) is 2.61. The maximum Gasteiger partial charge on any atom is 0.377 e. The van der Waals surface area contributed by atoms with Crippen molar-refractivity contribution in [3.8, 4) is 0 Å². The highest BCUT2D eigenvalue weighted by molar-refractivity contribution is 5.95. The monoisotopic (exact) mass is 356 g/mol. The number of halogens is 2. The molecule has 2 N–H and O–H groups in total. The van der Waals surface area contributed by atoms with Crippen molar-refractivity contribution in [2.75, 3.05) is 31.7 Å². The van der Waals surface area contributed by atoms with Gasteiger partial charge in [0.1, 0.15) is 19.5 Å². The summed E-state index contributed by atoms with van der Waals surface area (Å²) in [6, 6.07) is 2.82. The summed E-state index contributed by atoms with van der Waals surface area (Å²) in [5, 5.41) is 4.47. The number of amides is 2. The molecule has 2 amide bonds. The maximum absolute atomic E-state index is 13.0. The van der Waals surface area contributed by atoms with Gasteiger partial charge in [0.15, 0.2) is 18.2 Å². The molecule has 2 rings (SSSR count). The lowest BCUT2D eigenvalue weighted by Crippen LogP contribution is -2.35. The highest BCUT2D eigenvalue weighted by Gasteiger charge is 2.18. The molecule has 0 radical (unpaired) electrons. The minimum Gasteiger partial charge on any atom is -0.493 e. The van der Waals surface area contributed by atoms with Crippen molar-refractivity contribution >= 4 is 23.5 Å². The van der Waals surface area contributed by atoms with Crippen molar-refractivity contribution in [1.82, 2.24) is 5.32 Å². The van der Waals surface area contributed by atoms with Gasteiger partial charge in [-0.25, -0.2) is 13.6 Å². The molecule has 0 aromatic heterocycles. The van der Waals surface area contributed by atoms with Gasteiger partial charge in [-0.1, -0.05) is 0 Å². The molecule has 0 aliphatic carbocycles. The number of ether oxygens (including phenoxy) is 3. The van der Waals surface area contributed by atoms with E-state index in [1.807, 2.05) is 0 Å². The van der Waals surface area contributed by atoms with Crippen LogP contribution in [0.1, 0.15) is 0 Å². The van der Waals surface area contributed by atoms with Gasteiger partial charge in [0.2, 0.25) is 11.7 Å². The van der Waals surface area contributed by atoms with Crippen LogP contribution < -0.4 is 10.6 Å². The van der Waals surface area contributed by atoms with E-state index in [1.54, 1.807) is 0 Å². The van der Waals surface area contributed by atoms with Crippen LogP contribution in [-0.4, -0.2) is 44.1 Å². The summed E-state index contributed by atoms with van der Waals surface area (Å²) < 4.78 is 40.3. The third-order valence-corrected chi connectivity index (χ3v) is 2.83. The first-order chi connectivity index (χ1) is 12.0. The van der Waals surface area contributed by atoms with Crippen LogP contribution in [0.3, 0.4) is 0 Å². The topological polar surface area (TPSA) is 103 Å². The molecule has 0 atom stereocenters. The lowest BCUT2D eigenvalue weighted by molar-refractivity contribution is -0.149. The van der Waals surface area contributed by atoms with E-state index >= 15 is 0 Å². The van der Waals surface area contributed by atoms with E-state index in [0.29, 0.717) is 6.61 Å². The highest BCUT2D eigenvalue weighted by atomic mass is 19.2. The van der Waals surface area contributed by atoms with E-state index in [4.69, 9.17) is 9.47 Å². The summed E-state index contributed by atoms with van der Waals surface area (Å²) >= 11 is 0. The van der Waals surface area contributed by atoms with E-state index in [1.165, 1.54) is 6.07 Å². The Bertz CT molecular complexity index is 707. The summed E-state index contributed by atoms with van der Waals surface area (Å²) in [4.78, 5) is 34.6. The van der Waals surface area contributed by atoms with Crippen LogP contribution >= 0.6 is 0 Å². The Hall–Kier alpha value is -3.17. The smallest absolute Gasteiger partial charge is 0.377 e. The number of hydrogen-bond donors (Lipinski definition) is 2. The standard InChI is InChI=1S/C15H14F2N2O6/c16-10-2-1-9(5-11(10)17)19-13(20)6-18-14(21)8-25-15(22)12-7-23-3-4-24-12/h1-2,5,7H,3-4,6,8H2,(H,18,21)(H,19,20). The van der Waals surface area contributed by atoms with Gasteiger partial charge in [-0.2, -0.15) is 0 Å². The molecule has 0 saturated heterocycles. The van der Waals surface area contributed by atoms with Crippen molar-refractivity contribution in [3.63, 3.8) is 0 Å². The highest BCUT2D eigenvalue weighted by Crippen LogP contribution is 2.12. The molecule has 1 aromatic carbocycles. The predicted octanol–water partition coefficient (Wildman–Crippen LogP) is 0.451. The van der Waals surface area contributed by atoms with Gasteiger partial charge in [-0.3, -0.25) is 9.59 Å². The molecule has 1 aliphatic heterocycles. The number of nitrogens with one attached hydrogen (secondary N) is 2. The number of anilines is 1. The summed E-state index contributed by atoms with van der Waals surface area (Å²) in [5.41, 5.74) is 0.0333. The zero-order chi connectivity index (χ0) is 18.2. The van der Waals surface area contributed by atoms with Gasteiger partial charge in [0.05, 0.1) is 6.54 Å². The fourth-order valence-corrected chi connectivity index (χ4v) is 1.69. The van der Waals surface area contributed by atoms with E-state index in [9.17, 15) is 23.2 Å². The third kappa shape index (κ3) is 5.75. The van der Waals surface area contributed by atoms with Gasteiger partial charge in [-0.15, -0.1) is 0 Å². The van der Waals surface area contributed by atoms with Gasteiger partial charge in [0, 0.05) is 11.8 Å². The van der Waals surface area contributed by atoms with E-state index in [-0.39, 0.29) is 18.1 Å². The van der Waals surface area contributed by atoms with Gasteiger partial charge < -0.3 is 24.8 Å². The number of esters is 1. The first kappa shape index (κ1) is 18.2. The van der Waals surface area contributed by atoms with E-state index in [0.717, 1.165) is 18.4 Å². The van der Waals surface area contributed by atoms with Crippen LogP contribution in [0.15, 0.2) is 30.2 Å². The van der Waals surface area contributed by atoms with Crippen LogP contribution in [0.4, 0.5) is 14.5 Å². The Morgan fingerprint density at radius 2 is 1.92 bits per heavy atom. The number of carbonyl (C=O) groups is 3. The van der Waals surface area contributed by atoms with Crippen molar-refractivity contribution < 1.29 is 37.4 Å². The Balaban J connectivity index is 1.70. The molecular formula is C15H14F2N2O6. The molecule has 10 heteroatoms. The molecule has 1 aliphatic rings. The number of benzene rings is 1. The van der Waals surface area contributed by atoms with Crippen LogP contribution in [0, 0.1) is 11.6 Å². The van der Waals surface area contributed by atoms with Gasteiger partial charge in [0.25, 0.3) is 5.91 Å². The zero-order valence-electron chi connectivity index (χ0n) is 12.8. The van der Waals surface area contributed by atoms with Crippen LogP contribution in [-0.2, 0) is 28.6 Å². The maximum atomic E-state index is 13.0. The molecule has 0 bridgehead atoms. The van der Waals surface area contributed by atoms with Crippen molar-refractivity contribution in [3.05, 3.63) is 41.9 Å². The van der Waals surface area contributed by atoms with Crippen molar-refractivity contribution in [2.45, 2.75) is 0 Å². The van der Waals surface area contributed by atoms with Gasteiger partial charge in [-0.05, 0) is 12.1 Å². The minimum absolute atomic E-state index is 0.0333. The minimum atomic E-state index is -1.11. The Labute approximate surface area is 140 Å². The molecule has 25 heavy (non-hydrogen) atoms. The Morgan fingerprint density at radius 3 is 2.60 bits per heavy atom. The molecule has 8 nitrogen and oxygen atoms in total. The Kier molecular flexibility index (Phi) is 6.26. The van der Waals surface area contributed by atoms with Crippen LogP contribution in [0.2, 0.25) is 0 Å². The fourth-order valence-electron chi connectivity index (χ4n) is 1.69. The second-order valence-corrected chi connectivity index (χ2v) is 4.73. The molecule has 0 fully saturated rings. The summed E-state index contributed by atoms with van der Waals surface area (Å²) in [7, 11) is 0. The zero-order valence-corrected chi connectivity index (χ0v) is 12.8. The first-order valence-corrected chi connectivity index (χ1v) is 7.09. The second kappa shape index (κ2) is 8.62. The van der Waals surface area contributed by atoms with E-state index in [2.05, 4.69) is 15.4 Å². The number of rotatable bonds is 6. The normalized spacial score (nSPS) is 13.0. The van der Waals surface area contributed by atoms with E-state index < -0.39 is 42.6 Å².